The van der Waals surface area contributed by atoms with Gasteiger partial charge < -0.3 is 30.2 Å². The number of rotatable bonds is 7. The maximum absolute atomic E-state index is 10.2. The summed E-state index contributed by atoms with van der Waals surface area (Å²) in [6.07, 6.45) is -0.198. The fourth-order valence-electron chi connectivity index (χ4n) is 2.29. The average molecular weight is 327 g/mol. The van der Waals surface area contributed by atoms with Crippen molar-refractivity contribution in [2.45, 2.75) is 24.6 Å². The smallest absolute Gasteiger partial charge is 0.205 e. The van der Waals surface area contributed by atoms with Gasteiger partial charge in [-0.15, -0.1) is 0 Å². The molecule has 6 nitrogen and oxygen atoms in total. The highest BCUT2D eigenvalue weighted by Crippen LogP contribution is 2.29. The van der Waals surface area contributed by atoms with E-state index in [4.69, 9.17) is 19.9 Å². The van der Waals surface area contributed by atoms with Gasteiger partial charge in [0, 0.05) is 6.08 Å². The second-order valence-corrected chi connectivity index (χ2v) is 5.17. The number of aliphatic hydroxyl groups excluding tert-OH is 2. The van der Waals surface area contributed by atoms with Gasteiger partial charge in [0.1, 0.15) is 18.0 Å². The van der Waals surface area contributed by atoms with E-state index in [1.54, 1.807) is 0 Å². The Kier molecular flexibility index (Phi) is 6.25. The number of benzene rings is 1. The van der Waals surface area contributed by atoms with Gasteiger partial charge in [-0.3, -0.25) is 0 Å². The molecule has 0 saturated carbocycles. The molecule has 2 unspecified atom stereocenters. The second kappa shape index (κ2) is 7.96. The van der Waals surface area contributed by atoms with Crippen LogP contribution in [-0.4, -0.2) is 47.3 Å². The number of hydrogen-bond donors (Lipinski definition) is 4. The SMILES string of the molecule is NC[C@]1(OCS)C=C(O)C(OCc2ccccc2)C(CO)O1. The van der Waals surface area contributed by atoms with Crippen molar-refractivity contribution in [2.24, 2.45) is 5.73 Å². The van der Waals surface area contributed by atoms with Gasteiger partial charge in [0.25, 0.3) is 0 Å². The van der Waals surface area contributed by atoms with Crippen LogP contribution in [0, 0.1) is 0 Å². The van der Waals surface area contributed by atoms with Crippen LogP contribution < -0.4 is 5.73 Å². The molecule has 22 heavy (non-hydrogen) atoms. The zero-order valence-electron chi connectivity index (χ0n) is 12.1. The van der Waals surface area contributed by atoms with E-state index in [0.29, 0.717) is 0 Å². The molecule has 0 fully saturated rings. The highest BCUT2D eigenvalue weighted by atomic mass is 32.1. The van der Waals surface area contributed by atoms with Crippen LogP contribution in [0.15, 0.2) is 42.2 Å². The van der Waals surface area contributed by atoms with Crippen molar-refractivity contribution in [3.63, 3.8) is 0 Å². The van der Waals surface area contributed by atoms with Gasteiger partial charge in [-0.25, -0.2) is 0 Å². The lowest BCUT2D eigenvalue weighted by Crippen LogP contribution is -2.53. The van der Waals surface area contributed by atoms with Crippen molar-refractivity contribution in [3.8, 4) is 0 Å². The third kappa shape index (κ3) is 4.01. The van der Waals surface area contributed by atoms with E-state index in [-0.39, 0.29) is 31.5 Å². The van der Waals surface area contributed by atoms with E-state index in [9.17, 15) is 10.2 Å². The molecule has 0 bridgehead atoms. The largest absolute Gasteiger partial charge is 0.510 e. The first-order chi connectivity index (χ1) is 10.6. The molecule has 1 heterocycles. The molecule has 2 rings (SSSR count). The first-order valence-electron chi connectivity index (χ1n) is 6.95. The van der Waals surface area contributed by atoms with Crippen LogP contribution in [0.4, 0.5) is 0 Å². The van der Waals surface area contributed by atoms with E-state index in [1.165, 1.54) is 6.08 Å². The van der Waals surface area contributed by atoms with E-state index in [1.807, 2.05) is 30.3 Å². The fraction of sp³-hybridized carbons (Fsp3) is 0.467. The summed E-state index contributed by atoms with van der Waals surface area (Å²) in [4.78, 5) is 0. The van der Waals surface area contributed by atoms with Crippen LogP contribution in [0.5, 0.6) is 0 Å². The summed E-state index contributed by atoms with van der Waals surface area (Å²) in [7, 11) is 0. The molecular weight excluding hydrogens is 306 g/mol. The number of aliphatic hydroxyl groups is 2. The molecule has 122 valence electrons. The molecule has 0 amide bonds. The Hall–Kier alpha value is -1.09. The Morgan fingerprint density at radius 1 is 1.32 bits per heavy atom. The Balaban J connectivity index is 2.11. The van der Waals surface area contributed by atoms with Crippen molar-refractivity contribution in [1.29, 1.82) is 0 Å². The van der Waals surface area contributed by atoms with Crippen LogP contribution >= 0.6 is 12.6 Å². The lowest BCUT2D eigenvalue weighted by molar-refractivity contribution is -0.253. The average Bonchev–Trinajstić information content (AvgIpc) is 2.54. The van der Waals surface area contributed by atoms with Gasteiger partial charge in [0.2, 0.25) is 5.79 Å². The van der Waals surface area contributed by atoms with Crippen molar-refractivity contribution >= 4 is 12.6 Å². The van der Waals surface area contributed by atoms with Crippen LogP contribution in [0.2, 0.25) is 0 Å². The minimum Gasteiger partial charge on any atom is -0.510 e. The Morgan fingerprint density at radius 3 is 2.64 bits per heavy atom. The highest BCUT2D eigenvalue weighted by Gasteiger charge is 2.42. The van der Waals surface area contributed by atoms with Gasteiger partial charge in [-0.1, -0.05) is 30.3 Å². The summed E-state index contributed by atoms with van der Waals surface area (Å²) in [5.74, 6) is -1.31. The number of nitrogens with two attached hydrogens (primary N) is 1. The third-order valence-corrected chi connectivity index (χ3v) is 3.52. The molecule has 1 aliphatic rings. The van der Waals surface area contributed by atoms with Crippen LogP contribution in [0.1, 0.15) is 5.56 Å². The summed E-state index contributed by atoms with van der Waals surface area (Å²) < 4.78 is 16.7. The zero-order chi connectivity index (χ0) is 16.0. The molecule has 0 spiro atoms. The summed E-state index contributed by atoms with van der Waals surface area (Å²) in [6, 6.07) is 9.52. The van der Waals surface area contributed by atoms with Gasteiger partial charge >= 0.3 is 0 Å². The monoisotopic (exact) mass is 327 g/mol. The van der Waals surface area contributed by atoms with Gasteiger partial charge in [-0.05, 0) is 5.56 Å². The normalized spacial score (nSPS) is 28.4. The fourth-order valence-corrected chi connectivity index (χ4v) is 2.51. The summed E-state index contributed by atoms with van der Waals surface area (Å²) >= 11 is 3.98. The molecule has 0 aromatic heterocycles. The Labute approximate surface area is 134 Å². The summed E-state index contributed by atoms with van der Waals surface area (Å²) in [5.41, 5.74) is 6.60. The van der Waals surface area contributed by atoms with E-state index in [2.05, 4.69) is 12.6 Å². The molecule has 0 saturated heterocycles. The van der Waals surface area contributed by atoms with Crippen LogP contribution in [0.25, 0.3) is 0 Å². The molecule has 1 aromatic rings. The molecule has 7 heteroatoms. The maximum Gasteiger partial charge on any atom is 0.205 e. The van der Waals surface area contributed by atoms with Crippen molar-refractivity contribution < 1.29 is 24.4 Å². The minimum atomic E-state index is -1.30. The maximum atomic E-state index is 10.2. The first-order valence-corrected chi connectivity index (χ1v) is 7.58. The first kappa shape index (κ1) is 17.3. The molecule has 1 aromatic carbocycles. The number of hydrogen-bond acceptors (Lipinski definition) is 7. The molecule has 1 aliphatic heterocycles. The number of ether oxygens (including phenoxy) is 3. The topological polar surface area (TPSA) is 94.2 Å². The minimum absolute atomic E-state index is 0.0144. The molecule has 4 N–H and O–H groups in total. The lowest BCUT2D eigenvalue weighted by atomic mass is 10.0. The molecular formula is C15H21NO5S. The van der Waals surface area contributed by atoms with Crippen molar-refractivity contribution in [3.05, 3.63) is 47.7 Å². The molecule has 0 aliphatic carbocycles. The summed E-state index contributed by atoms with van der Waals surface area (Å²) in [5, 5.41) is 19.7. The van der Waals surface area contributed by atoms with Crippen LogP contribution in [-0.2, 0) is 20.8 Å². The van der Waals surface area contributed by atoms with Gasteiger partial charge in [-0.2, -0.15) is 12.6 Å². The quantitative estimate of drug-likeness (QED) is 0.440. The van der Waals surface area contributed by atoms with Gasteiger partial charge in [0.05, 0.1) is 25.7 Å². The van der Waals surface area contributed by atoms with Crippen molar-refractivity contribution in [1.82, 2.24) is 0 Å². The third-order valence-electron chi connectivity index (χ3n) is 3.39. The summed E-state index contributed by atoms with van der Waals surface area (Å²) in [6.45, 7) is -0.0686. The highest BCUT2D eigenvalue weighted by molar-refractivity contribution is 7.80. The Morgan fingerprint density at radius 2 is 2.05 bits per heavy atom. The van der Waals surface area contributed by atoms with Crippen LogP contribution in [0.3, 0.4) is 0 Å². The van der Waals surface area contributed by atoms with E-state index < -0.39 is 18.0 Å². The lowest BCUT2D eigenvalue weighted by Gasteiger charge is -2.40. The van der Waals surface area contributed by atoms with Gasteiger partial charge in [0.15, 0.2) is 0 Å². The predicted octanol–water partition coefficient (Wildman–Crippen LogP) is 0.964. The Bertz CT molecular complexity index is 498. The van der Waals surface area contributed by atoms with E-state index in [0.717, 1.165) is 5.56 Å². The zero-order valence-corrected chi connectivity index (χ0v) is 13.0. The predicted molar refractivity (Wildman–Crippen MR) is 84.4 cm³/mol. The standard InChI is InChI=1S/C15H21NO5S/c16-9-15(20-10-22)6-12(18)14(13(7-17)21-15)19-8-11-4-2-1-3-5-11/h1-6,13-14,17-18,22H,7-10,16H2/t13?,14?,15-/m0/s1. The van der Waals surface area contributed by atoms with Crippen molar-refractivity contribution in [2.75, 3.05) is 19.1 Å². The second-order valence-electron chi connectivity index (χ2n) is 4.91. The molecule has 0 radical (unpaired) electrons. The van der Waals surface area contributed by atoms with E-state index >= 15 is 0 Å². The molecule has 3 atom stereocenters. The number of thiol groups is 1.